The Morgan fingerprint density at radius 3 is 2.41 bits per heavy atom. The van der Waals surface area contributed by atoms with Crippen LogP contribution in [0.4, 0.5) is 0 Å². The van der Waals surface area contributed by atoms with Crippen molar-refractivity contribution in [3.05, 3.63) is 0 Å². The maximum absolute atomic E-state index is 11.8. The number of carbonyl (C=O) groups is 2. The van der Waals surface area contributed by atoms with Crippen LogP contribution in [0.15, 0.2) is 0 Å². The molecule has 4 heteroatoms. The molecule has 0 aromatic rings. The highest BCUT2D eigenvalue weighted by molar-refractivity contribution is 5.84. The third kappa shape index (κ3) is 4.75. The summed E-state index contributed by atoms with van der Waals surface area (Å²) in [6.45, 7) is 5.21. The first-order valence-corrected chi connectivity index (χ1v) is 6.38. The second-order valence-electron chi connectivity index (χ2n) is 5.72. The fourth-order valence-corrected chi connectivity index (χ4v) is 1.84. The molecule has 1 atom stereocenters. The van der Waals surface area contributed by atoms with E-state index >= 15 is 0 Å². The highest BCUT2D eigenvalue weighted by Gasteiger charge is 2.31. The topological polar surface area (TPSA) is 66.4 Å². The average molecular weight is 241 g/mol. The van der Waals surface area contributed by atoms with Crippen LogP contribution >= 0.6 is 0 Å². The zero-order valence-electron chi connectivity index (χ0n) is 11.0. The van der Waals surface area contributed by atoms with Crippen LogP contribution in [0.2, 0.25) is 0 Å². The number of carboxylic acids is 1. The molecule has 1 aliphatic rings. The highest BCUT2D eigenvalue weighted by atomic mass is 16.4. The lowest BCUT2D eigenvalue weighted by Crippen LogP contribution is -2.39. The van der Waals surface area contributed by atoms with Gasteiger partial charge in [-0.05, 0) is 32.6 Å². The lowest BCUT2D eigenvalue weighted by Gasteiger charge is -2.21. The maximum Gasteiger partial charge on any atom is 0.309 e. The minimum atomic E-state index is -0.984. The third-order valence-electron chi connectivity index (χ3n) is 3.35. The van der Waals surface area contributed by atoms with Gasteiger partial charge in [0.1, 0.15) is 0 Å². The van der Waals surface area contributed by atoms with E-state index in [-0.39, 0.29) is 18.4 Å². The first kappa shape index (κ1) is 14.0. The van der Waals surface area contributed by atoms with Gasteiger partial charge in [-0.25, -0.2) is 0 Å². The molecule has 1 amide bonds. The Bertz CT molecular complexity index is 295. The molecular formula is C13H23NO3. The van der Waals surface area contributed by atoms with Crippen molar-refractivity contribution in [2.75, 3.05) is 0 Å². The van der Waals surface area contributed by atoms with E-state index in [0.29, 0.717) is 0 Å². The Kier molecular flexibility index (Phi) is 4.54. The second-order valence-corrected chi connectivity index (χ2v) is 5.72. The van der Waals surface area contributed by atoms with E-state index in [9.17, 15) is 9.59 Å². The molecule has 1 aliphatic carbocycles. The Balaban J connectivity index is 2.38. The SMILES string of the molecule is CCC(CC1CC1)NC(=O)CC(C)(C)C(=O)O. The van der Waals surface area contributed by atoms with Gasteiger partial charge in [-0.3, -0.25) is 9.59 Å². The number of carboxylic acid groups (broad SMARTS) is 1. The number of nitrogens with one attached hydrogen (secondary N) is 1. The van der Waals surface area contributed by atoms with Crippen LogP contribution in [0.5, 0.6) is 0 Å². The number of carbonyl (C=O) groups excluding carboxylic acids is 1. The number of hydrogen-bond donors (Lipinski definition) is 2. The van der Waals surface area contributed by atoms with Crippen molar-refractivity contribution >= 4 is 11.9 Å². The Morgan fingerprint density at radius 2 is 2.00 bits per heavy atom. The molecule has 1 unspecified atom stereocenters. The second kappa shape index (κ2) is 5.52. The third-order valence-corrected chi connectivity index (χ3v) is 3.35. The summed E-state index contributed by atoms with van der Waals surface area (Å²) in [6, 6.07) is 0.208. The zero-order chi connectivity index (χ0) is 13.1. The summed E-state index contributed by atoms with van der Waals surface area (Å²) in [5, 5.41) is 11.9. The average Bonchev–Trinajstić information content (AvgIpc) is 2.99. The van der Waals surface area contributed by atoms with Gasteiger partial charge in [0.25, 0.3) is 0 Å². The Morgan fingerprint density at radius 1 is 1.41 bits per heavy atom. The fourth-order valence-electron chi connectivity index (χ4n) is 1.84. The molecule has 1 rings (SSSR count). The zero-order valence-corrected chi connectivity index (χ0v) is 11.0. The minimum Gasteiger partial charge on any atom is -0.481 e. The molecule has 1 fully saturated rings. The summed E-state index contributed by atoms with van der Waals surface area (Å²) in [7, 11) is 0. The van der Waals surface area contributed by atoms with Crippen LogP contribution in [-0.4, -0.2) is 23.0 Å². The molecule has 0 saturated heterocycles. The van der Waals surface area contributed by atoms with Crippen LogP contribution in [0.3, 0.4) is 0 Å². The molecule has 2 N–H and O–H groups in total. The summed E-state index contributed by atoms with van der Waals surface area (Å²) in [5.41, 5.74) is -0.984. The molecular weight excluding hydrogens is 218 g/mol. The van der Waals surface area contributed by atoms with Crippen LogP contribution in [0.1, 0.15) is 52.9 Å². The molecule has 0 bridgehead atoms. The molecule has 0 heterocycles. The monoisotopic (exact) mass is 241 g/mol. The summed E-state index contributed by atoms with van der Waals surface area (Å²) in [5.74, 6) is -0.305. The van der Waals surface area contributed by atoms with E-state index in [1.54, 1.807) is 13.8 Å². The van der Waals surface area contributed by atoms with Crippen LogP contribution in [0.25, 0.3) is 0 Å². The van der Waals surface area contributed by atoms with Gasteiger partial charge in [-0.15, -0.1) is 0 Å². The van der Waals surface area contributed by atoms with Gasteiger partial charge >= 0.3 is 5.97 Å². The van der Waals surface area contributed by atoms with Crippen molar-refractivity contribution in [2.45, 2.75) is 58.9 Å². The van der Waals surface area contributed by atoms with Crippen LogP contribution in [0, 0.1) is 11.3 Å². The number of aliphatic carboxylic acids is 1. The lowest BCUT2D eigenvalue weighted by molar-refractivity contribution is -0.149. The Hall–Kier alpha value is -1.06. The van der Waals surface area contributed by atoms with Gasteiger partial charge in [0.05, 0.1) is 5.41 Å². The molecule has 1 saturated carbocycles. The molecule has 98 valence electrons. The molecule has 0 radical (unpaired) electrons. The number of rotatable bonds is 7. The molecule has 17 heavy (non-hydrogen) atoms. The van der Waals surface area contributed by atoms with Gasteiger partial charge in [-0.2, -0.15) is 0 Å². The van der Waals surface area contributed by atoms with E-state index in [1.165, 1.54) is 12.8 Å². The molecule has 0 aromatic carbocycles. The quantitative estimate of drug-likeness (QED) is 0.718. The normalized spacial score (nSPS) is 17.6. The lowest BCUT2D eigenvalue weighted by atomic mass is 9.89. The van der Waals surface area contributed by atoms with E-state index in [1.807, 2.05) is 0 Å². The van der Waals surface area contributed by atoms with Crippen molar-refractivity contribution in [3.63, 3.8) is 0 Å². The molecule has 0 spiro atoms. The van der Waals surface area contributed by atoms with E-state index in [2.05, 4.69) is 12.2 Å². The molecule has 0 aromatic heterocycles. The van der Waals surface area contributed by atoms with Crippen molar-refractivity contribution in [3.8, 4) is 0 Å². The van der Waals surface area contributed by atoms with Crippen LogP contribution in [-0.2, 0) is 9.59 Å². The highest BCUT2D eigenvalue weighted by Crippen LogP contribution is 2.34. The van der Waals surface area contributed by atoms with Crippen molar-refractivity contribution < 1.29 is 14.7 Å². The molecule has 4 nitrogen and oxygen atoms in total. The largest absolute Gasteiger partial charge is 0.481 e. The van der Waals surface area contributed by atoms with Gasteiger partial charge in [0.15, 0.2) is 0 Å². The number of hydrogen-bond acceptors (Lipinski definition) is 2. The summed E-state index contributed by atoms with van der Waals surface area (Å²) < 4.78 is 0. The van der Waals surface area contributed by atoms with Crippen molar-refractivity contribution in [2.24, 2.45) is 11.3 Å². The first-order valence-electron chi connectivity index (χ1n) is 6.38. The summed E-state index contributed by atoms with van der Waals surface area (Å²) in [4.78, 5) is 22.7. The standard InChI is InChI=1S/C13H23NO3/c1-4-10(7-9-5-6-9)14-11(15)8-13(2,3)12(16)17/h9-10H,4-8H2,1-3H3,(H,14,15)(H,16,17). The van der Waals surface area contributed by atoms with Crippen LogP contribution < -0.4 is 5.32 Å². The predicted octanol–water partition coefficient (Wildman–Crippen LogP) is 2.18. The van der Waals surface area contributed by atoms with E-state index < -0.39 is 11.4 Å². The first-order chi connectivity index (χ1) is 7.85. The predicted molar refractivity (Wildman–Crippen MR) is 65.6 cm³/mol. The van der Waals surface area contributed by atoms with E-state index in [0.717, 1.165) is 18.8 Å². The summed E-state index contributed by atoms with van der Waals surface area (Å²) in [6.07, 6.45) is 4.54. The van der Waals surface area contributed by atoms with Gasteiger partial charge in [0, 0.05) is 12.5 Å². The van der Waals surface area contributed by atoms with E-state index in [4.69, 9.17) is 5.11 Å². The fraction of sp³-hybridized carbons (Fsp3) is 0.846. The maximum atomic E-state index is 11.8. The smallest absolute Gasteiger partial charge is 0.309 e. The Labute approximate surface area is 103 Å². The summed E-state index contributed by atoms with van der Waals surface area (Å²) >= 11 is 0. The van der Waals surface area contributed by atoms with Crippen molar-refractivity contribution in [1.82, 2.24) is 5.32 Å². The molecule has 0 aliphatic heterocycles. The van der Waals surface area contributed by atoms with Gasteiger partial charge in [-0.1, -0.05) is 19.8 Å². The van der Waals surface area contributed by atoms with Gasteiger partial charge < -0.3 is 10.4 Å². The number of amides is 1. The minimum absolute atomic E-state index is 0.0451. The van der Waals surface area contributed by atoms with Crippen molar-refractivity contribution in [1.29, 1.82) is 0 Å². The van der Waals surface area contributed by atoms with Gasteiger partial charge in [0.2, 0.25) is 5.91 Å².